The van der Waals surface area contributed by atoms with Gasteiger partial charge < -0.3 is 4.74 Å². The van der Waals surface area contributed by atoms with E-state index in [1.165, 1.54) is 21.9 Å². The fourth-order valence-electron chi connectivity index (χ4n) is 3.32. The van der Waals surface area contributed by atoms with E-state index in [4.69, 9.17) is 9.84 Å². The van der Waals surface area contributed by atoms with Gasteiger partial charge in [0.25, 0.3) is 0 Å². The van der Waals surface area contributed by atoms with E-state index >= 15 is 0 Å². The Kier molecular flexibility index (Phi) is 3.69. The van der Waals surface area contributed by atoms with Gasteiger partial charge in [-0.15, -0.1) is 0 Å². The van der Waals surface area contributed by atoms with Crippen molar-refractivity contribution >= 4 is 16.5 Å². The van der Waals surface area contributed by atoms with Crippen LogP contribution in [0.4, 0.5) is 0 Å². The molecule has 1 aliphatic heterocycles. The molecule has 0 bridgehead atoms. The number of hydrogen-bond acceptors (Lipinski definition) is 3. The summed E-state index contributed by atoms with van der Waals surface area (Å²) in [4.78, 5) is 0. The van der Waals surface area contributed by atoms with Crippen molar-refractivity contribution in [3.63, 3.8) is 0 Å². The van der Waals surface area contributed by atoms with Crippen molar-refractivity contribution in [1.82, 2.24) is 5.01 Å². The van der Waals surface area contributed by atoms with Crippen molar-refractivity contribution in [1.29, 1.82) is 0 Å². The topological polar surface area (TPSA) is 24.8 Å². The van der Waals surface area contributed by atoms with Crippen molar-refractivity contribution in [3.05, 3.63) is 77.9 Å². The molecule has 3 nitrogen and oxygen atoms in total. The third kappa shape index (κ3) is 2.62. The Labute approximate surface area is 142 Å². The first-order valence-electron chi connectivity index (χ1n) is 8.18. The van der Waals surface area contributed by atoms with Gasteiger partial charge >= 0.3 is 0 Å². The zero-order valence-corrected chi connectivity index (χ0v) is 13.9. The number of fused-ring (bicyclic) bond motifs is 1. The van der Waals surface area contributed by atoms with Crippen LogP contribution in [0.5, 0.6) is 5.75 Å². The van der Waals surface area contributed by atoms with Crippen molar-refractivity contribution in [2.75, 3.05) is 14.2 Å². The summed E-state index contributed by atoms with van der Waals surface area (Å²) in [6.07, 6.45) is 0.918. The van der Waals surface area contributed by atoms with Gasteiger partial charge in [-0.25, -0.2) is 0 Å². The Hall–Kier alpha value is -2.81. The van der Waals surface area contributed by atoms with E-state index < -0.39 is 0 Å². The van der Waals surface area contributed by atoms with Crippen LogP contribution in [0.3, 0.4) is 0 Å². The Bertz CT molecular complexity index is 899. The highest BCUT2D eigenvalue weighted by Crippen LogP contribution is 2.32. The lowest BCUT2D eigenvalue weighted by molar-refractivity contribution is 0.289. The third-order valence-corrected chi connectivity index (χ3v) is 4.70. The Morgan fingerprint density at radius 1 is 0.958 bits per heavy atom. The van der Waals surface area contributed by atoms with E-state index in [0.29, 0.717) is 0 Å². The molecule has 3 aromatic carbocycles. The van der Waals surface area contributed by atoms with Crippen LogP contribution in [-0.4, -0.2) is 24.9 Å². The molecule has 3 aromatic rings. The highest BCUT2D eigenvalue weighted by atomic mass is 16.5. The van der Waals surface area contributed by atoms with Crippen LogP contribution < -0.4 is 4.74 Å². The van der Waals surface area contributed by atoms with Gasteiger partial charge in [-0.2, -0.15) is 5.10 Å². The summed E-state index contributed by atoms with van der Waals surface area (Å²) in [6.45, 7) is 0. The molecule has 0 fully saturated rings. The quantitative estimate of drug-likeness (QED) is 0.704. The molecule has 1 heterocycles. The molecule has 120 valence electrons. The van der Waals surface area contributed by atoms with Crippen LogP contribution in [0.25, 0.3) is 10.8 Å². The molecule has 24 heavy (non-hydrogen) atoms. The maximum atomic E-state index is 5.25. The van der Waals surface area contributed by atoms with E-state index in [1.807, 2.05) is 19.2 Å². The van der Waals surface area contributed by atoms with Crippen LogP contribution in [0.15, 0.2) is 71.8 Å². The molecule has 0 saturated heterocycles. The maximum absolute atomic E-state index is 5.25. The predicted octanol–water partition coefficient (Wildman–Crippen LogP) is 4.63. The first kappa shape index (κ1) is 14.8. The fourth-order valence-corrected chi connectivity index (χ4v) is 3.32. The lowest BCUT2D eigenvalue weighted by Crippen LogP contribution is -2.13. The van der Waals surface area contributed by atoms with Crippen LogP contribution in [-0.2, 0) is 0 Å². The summed E-state index contributed by atoms with van der Waals surface area (Å²) in [5, 5.41) is 9.37. The highest BCUT2D eigenvalue weighted by molar-refractivity contribution is 6.04. The molecule has 3 heteroatoms. The van der Waals surface area contributed by atoms with E-state index in [2.05, 4.69) is 59.6 Å². The van der Waals surface area contributed by atoms with Gasteiger partial charge in [-0.3, -0.25) is 5.01 Å². The van der Waals surface area contributed by atoms with Crippen molar-refractivity contribution in [2.24, 2.45) is 5.10 Å². The van der Waals surface area contributed by atoms with Crippen LogP contribution in [0.1, 0.15) is 23.6 Å². The number of rotatable bonds is 3. The Morgan fingerprint density at radius 2 is 1.71 bits per heavy atom. The van der Waals surface area contributed by atoms with Crippen molar-refractivity contribution < 1.29 is 4.74 Å². The summed E-state index contributed by atoms with van der Waals surface area (Å²) in [6, 6.07) is 23.6. The molecule has 0 saturated carbocycles. The third-order valence-electron chi connectivity index (χ3n) is 4.70. The van der Waals surface area contributed by atoms with Gasteiger partial charge in [0, 0.05) is 13.5 Å². The molecule has 0 radical (unpaired) electrons. The summed E-state index contributed by atoms with van der Waals surface area (Å²) in [5.41, 5.74) is 3.61. The van der Waals surface area contributed by atoms with Crippen LogP contribution in [0.2, 0.25) is 0 Å². The number of methoxy groups -OCH3 is 1. The molecule has 0 aliphatic carbocycles. The minimum absolute atomic E-state index is 0.275. The van der Waals surface area contributed by atoms with E-state index in [0.717, 1.165) is 17.9 Å². The molecule has 4 rings (SSSR count). The first-order chi connectivity index (χ1) is 11.7. The second kappa shape index (κ2) is 6.00. The molecular formula is C21H20N2O. The minimum atomic E-state index is 0.275. The lowest BCUT2D eigenvalue weighted by atomic mass is 9.97. The van der Waals surface area contributed by atoms with E-state index in [-0.39, 0.29) is 6.04 Å². The number of benzene rings is 3. The predicted molar refractivity (Wildman–Crippen MR) is 98.6 cm³/mol. The van der Waals surface area contributed by atoms with Gasteiger partial charge in [0.2, 0.25) is 0 Å². The monoisotopic (exact) mass is 316 g/mol. The largest absolute Gasteiger partial charge is 0.497 e. The van der Waals surface area contributed by atoms with Gasteiger partial charge in [0.15, 0.2) is 0 Å². The zero-order chi connectivity index (χ0) is 16.5. The Morgan fingerprint density at radius 3 is 2.46 bits per heavy atom. The molecule has 0 aromatic heterocycles. The summed E-state index contributed by atoms with van der Waals surface area (Å²) in [5.74, 6) is 0.884. The molecular weight excluding hydrogens is 296 g/mol. The van der Waals surface area contributed by atoms with Crippen molar-refractivity contribution in [2.45, 2.75) is 12.5 Å². The minimum Gasteiger partial charge on any atom is -0.497 e. The average Bonchev–Trinajstić information content (AvgIpc) is 3.03. The van der Waals surface area contributed by atoms with E-state index in [9.17, 15) is 0 Å². The Balaban J connectivity index is 1.61. The number of ether oxygens (including phenoxy) is 1. The van der Waals surface area contributed by atoms with Crippen LogP contribution in [0, 0.1) is 0 Å². The van der Waals surface area contributed by atoms with Gasteiger partial charge in [-0.05, 0) is 40.1 Å². The normalized spacial score (nSPS) is 17.2. The molecule has 0 spiro atoms. The SMILES string of the molecule is COc1ccc([C@@H]2CC(c3ccc4ccccc4c3)=NN2C)cc1. The molecule has 0 unspecified atom stereocenters. The zero-order valence-electron chi connectivity index (χ0n) is 13.9. The number of nitrogens with zero attached hydrogens (tertiary/aromatic N) is 2. The van der Waals surface area contributed by atoms with Gasteiger partial charge in [0.05, 0.1) is 18.9 Å². The summed E-state index contributed by atoms with van der Waals surface area (Å²) >= 11 is 0. The van der Waals surface area contributed by atoms with E-state index in [1.54, 1.807) is 7.11 Å². The second-order valence-corrected chi connectivity index (χ2v) is 6.18. The first-order valence-corrected chi connectivity index (χ1v) is 8.18. The standard InChI is InChI=1S/C21H20N2O/c1-23-21(16-9-11-19(24-2)12-10-16)14-20(22-23)18-8-7-15-5-3-4-6-17(15)13-18/h3-13,21H,14H2,1-2H3/t21-/m0/s1. The smallest absolute Gasteiger partial charge is 0.118 e. The molecule has 0 N–H and O–H groups in total. The van der Waals surface area contributed by atoms with Crippen molar-refractivity contribution in [3.8, 4) is 5.75 Å². The second-order valence-electron chi connectivity index (χ2n) is 6.18. The number of hydrazone groups is 1. The summed E-state index contributed by atoms with van der Waals surface area (Å²) in [7, 11) is 3.74. The van der Waals surface area contributed by atoms with Gasteiger partial charge in [-0.1, -0.05) is 48.5 Å². The van der Waals surface area contributed by atoms with Gasteiger partial charge in [0.1, 0.15) is 5.75 Å². The van der Waals surface area contributed by atoms with Crippen LogP contribution >= 0.6 is 0 Å². The molecule has 0 amide bonds. The molecule has 1 atom stereocenters. The number of hydrogen-bond donors (Lipinski definition) is 0. The summed E-state index contributed by atoms with van der Waals surface area (Å²) < 4.78 is 5.25. The lowest BCUT2D eigenvalue weighted by Gasteiger charge is -2.19. The average molecular weight is 316 g/mol. The fraction of sp³-hybridized carbons (Fsp3) is 0.190. The molecule has 1 aliphatic rings. The maximum Gasteiger partial charge on any atom is 0.118 e. The highest BCUT2D eigenvalue weighted by Gasteiger charge is 2.26.